The van der Waals surface area contributed by atoms with Crippen molar-refractivity contribution in [3.8, 4) is 0 Å². The second-order valence-corrected chi connectivity index (χ2v) is 6.31. The van der Waals surface area contributed by atoms with Crippen LogP contribution in [0.2, 0.25) is 0 Å². The maximum absolute atomic E-state index is 5.67. The highest BCUT2D eigenvalue weighted by Gasteiger charge is 2.26. The number of hydrogen-bond donors (Lipinski definition) is 2. The number of morpholine rings is 1. The Morgan fingerprint density at radius 1 is 1.64 bits per heavy atom. The number of nitrogens with zero attached hydrogens (tertiary/aromatic N) is 2. The van der Waals surface area contributed by atoms with Crippen molar-refractivity contribution < 1.29 is 4.74 Å². The molecular weight excluding hydrogens is 296 g/mol. The van der Waals surface area contributed by atoms with Gasteiger partial charge in [0.2, 0.25) is 0 Å². The smallest absolute Gasteiger partial charge is 0.191 e. The molecule has 0 saturated carbocycles. The predicted molar refractivity (Wildman–Crippen MR) is 93.6 cm³/mol. The molecular formula is C16H26N4OS. The van der Waals surface area contributed by atoms with Gasteiger partial charge in [-0.15, -0.1) is 17.9 Å². The van der Waals surface area contributed by atoms with Crippen molar-refractivity contribution in [2.75, 3.05) is 39.8 Å². The number of ether oxygens (including phenoxy) is 1. The van der Waals surface area contributed by atoms with E-state index in [1.165, 1.54) is 4.88 Å². The van der Waals surface area contributed by atoms with E-state index < -0.39 is 0 Å². The Balaban J connectivity index is 2.00. The molecule has 2 unspecified atom stereocenters. The van der Waals surface area contributed by atoms with Gasteiger partial charge in [0.1, 0.15) is 0 Å². The topological polar surface area (TPSA) is 48.9 Å². The van der Waals surface area contributed by atoms with Crippen molar-refractivity contribution in [1.29, 1.82) is 0 Å². The molecule has 0 radical (unpaired) electrons. The first-order chi connectivity index (χ1) is 10.7. The summed E-state index contributed by atoms with van der Waals surface area (Å²) in [6.45, 7) is 10.1. The molecule has 1 fully saturated rings. The van der Waals surface area contributed by atoms with Crippen LogP contribution >= 0.6 is 11.3 Å². The van der Waals surface area contributed by atoms with E-state index in [1.807, 2.05) is 6.08 Å². The van der Waals surface area contributed by atoms with Gasteiger partial charge in [-0.05, 0) is 18.4 Å². The summed E-state index contributed by atoms with van der Waals surface area (Å²) in [5.74, 6) is 0.808. The minimum absolute atomic E-state index is 0.286. The Bertz CT molecular complexity index is 475. The van der Waals surface area contributed by atoms with Gasteiger partial charge in [0.05, 0.1) is 18.8 Å². The zero-order chi connectivity index (χ0) is 15.8. The van der Waals surface area contributed by atoms with Gasteiger partial charge in [-0.1, -0.05) is 12.1 Å². The first kappa shape index (κ1) is 17.0. The van der Waals surface area contributed by atoms with Gasteiger partial charge in [-0.25, -0.2) is 0 Å². The summed E-state index contributed by atoms with van der Waals surface area (Å²) in [4.78, 5) is 8.12. The van der Waals surface area contributed by atoms with Crippen LogP contribution in [0.15, 0.2) is 35.2 Å². The number of hydrogen-bond acceptors (Lipinski definition) is 4. The van der Waals surface area contributed by atoms with E-state index >= 15 is 0 Å². The SMILES string of the molecule is C=CCNC(=NC)NCC(c1cccs1)N1CCOC(C)C1. The molecule has 22 heavy (non-hydrogen) atoms. The lowest BCUT2D eigenvalue weighted by atomic mass is 10.1. The Morgan fingerprint density at radius 3 is 3.14 bits per heavy atom. The molecule has 0 aromatic carbocycles. The third-order valence-corrected chi connectivity index (χ3v) is 4.66. The fraction of sp³-hybridized carbons (Fsp3) is 0.562. The number of aliphatic imine (C=N–C) groups is 1. The van der Waals surface area contributed by atoms with Crippen molar-refractivity contribution in [2.24, 2.45) is 4.99 Å². The molecule has 0 spiro atoms. The lowest BCUT2D eigenvalue weighted by Gasteiger charge is -2.37. The Hall–Kier alpha value is -1.37. The lowest BCUT2D eigenvalue weighted by molar-refractivity contribution is -0.0334. The second-order valence-electron chi connectivity index (χ2n) is 5.33. The monoisotopic (exact) mass is 322 g/mol. The van der Waals surface area contributed by atoms with Crippen LogP contribution in [0.25, 0.3) is 0 Å². The van der Waals surface area contributed by atoms with Gasteiger partial charge in [-0.3, -0.25) is 9.89 Å². The molecule has 6 heteroatoms. The van der Waals surface area contributed by atoms with E-state index in [-0.39, 0.29) is 6.10 Å². The van der Waals surface area contributed by atoms with Crippen LogP contribution in [0.3, 0.4) is 0 Å². The van der Waals surface area contributed by atoms with E-state index in [4.69, 9.17) is 4.74 Å². The molecule has 0 bridgehead atoms. The van der Waals surface area contributed by atoms with E-state index in [0.717, 1.165) is 32.2 Å². The molecule has 0 amide bonds. The molecule has 1 aromatic rings. The molecule has 0 aliphatic carbocycles. The average molecular weight is 322 g/mol. The molecule has 1 saturated heterocycles. The normalized spacial score (nSPS) is 21.4. The third kappa shape index (κ3) is 4.83. The summed E-state index contributed by atoms with van der Waals surface area (Å²) in [6, 6.07) is 4.66. The first-order valence-corrected chi connectivity index (χ1v) is 8.57. The summed E-state index contributed by atoms with van der Waals surface area (Å²) < 4.78 is 5.67. The van der Waals surface area contributed by atoms with Crippen LogP contribution in [0.4, 0.5) is 0 Å². The number of thiophene rings is 1. The van der Waals surface area contributed by atoms with Crippen LogP contribution in [0, 0.1) is 0 Å². The Kier molecular flexibility index (Phi) is 6.89. The Labute approximate surface area is 137 Å². The molecule has 122 valence electrons. The molecule has 1 aliphatic rings. The van der Waals surface area contributed by atoms with Gasteiger partial charge < -0.3 is 15.4 Å². The Morgan fingerprint density at radius 2 is 2.50 bits per heavy atom. The van der Waals surface area contributed by atoms with Gasteiger partial charge in [0.15, 0.2) is 5.96 Å². The quantitative estimate of drug-likeness (QED) is 0.477. The van der Waals surface area contributed by atoms with Gasteiger partial charge >= 0.3 is 0 Å². The van der Waals surface area contributed by atoms with Crippen LogP contribution in [0.5, 0.6) is 0 Å². The lowest BCUT2D eigenvalue weighted by Crippen LogP contribution is -2.48. The van der Waals surface area contributed by atoms with Crippen molar-refractivity contribution in [3.05, 3.63) is 35.0 Å². The number of guanidine groups is 1. The van der Waals surface area contributed by atoms with Crippen LogP contribution < -0.4 is 10.6 Å². The van der Waals surface area contributed by atoms with Crippen molar-refractivity contribution in [3.63, 3.8) is 0 Å². The van der Waals surface area contributed by atoms with Crippen molar-refractivity contribution >= 4 is 17.3 Å². The van der Waals surface area contributed by atoms with Gasteiger partial charge in [0, 0.05) is 38.1 Å². The molecule has 2 heterocycles. The fourth-order valence-corrected chi connectivity index (χ4v) is 3.46. The van der Waals surface area contributed by atoms with Crippen LogP contribution in [-0.4, -0.2) is 56.8 Å². The largest absolute Gasteiger partial charge is 0.376 e. The van der Waals surface area contributed by atoms with Gasteiger partial charge in [-0.2, -0.15) is 0 Å². The zero-order valence-corrected chi connectivity index (χ0v) is 14.2. The molecule has 1 aromatic heterocycles. The van der Waals surface area contributed by atoms with Crippen molar-refractivity contribution in [2.45, 2.75) is 19.1 Å². The average Bonchev–Trinajstić information content (AvgIpc) is 3.05. The van der Waals surface area contributed by atoms with E-state index in [0.29, 0.717) is 12.6 Å². The van der Waals surface area contributed by atoms with Crippen molar-refractivity contribution in [1.82, 2.24) is 15.5 Å². The number of nitrogens with one attached hydrogen (secondary N) is 2. The van der Waals surface area contributed by atoms with E-state index in [1.54, 1.807) is 18.4 Å². The molecule has 2 N–H and O–H groups in total. The summed E-state index contributed by atoms with van der Waals surface area (Å²) in [6.07, 6.45) is 2.11. The molecule has 1 aliphatic heterocycles. The second kappa shape index (κ2) is 8.92. The third-order valence-electron chi connectivity index (χ3n) is 3.69. The fourth-order valence-electron chi connectivity index (χ4n) is 2.60. The standard InChI is InChI=1S/C16H26N4OS/c1-4-7-18-16(17-3)19-11-14(15-6-5-10-22-15)20-8-9-21-13(2)12-20/h4-6,10,13-14H,1,7-9,11-12H2,2-3H3,(H2,17,18,19). The van der Waals surface area contributed by atoms with Crippen LogP contribution in [-0.2, 0) is 4.74 Å². The van der Waals surface area contributed by atoms with Gasteiger partial charge in [0.25, 0.3) is 0 Å². The summed E-state index contributed by atoms with van der Waals surface area (Å²) in [5, 5.41) is 8.77. The van der Waals surface area contributed by atoms with Crippen LogP contribution in [0.1, 0.15) is 17.8 Å². The maximum Gasteiger partial charge on any atom is 0.191 e. The highest BCUT2D eigenvalue weighted by atomic mass is 32.1. The minimum atomic E-state index is 0.286. The molecule has 5 nitrogen and oxygen atoms in total. The summed E-state index contributed by atoms with van der Waals surface area (Å²) in [7, 11) is 1.79. The summed E-state index contributed by atoms with van der Waals surface area (Å²) in [5.41, 5.74) is 0. The van der Waals surface area contributed by atoms with E-state index in [9.17, 15) is 0 Å². The first-order valence-electron chi connectivity index (χ1n) is 7.69. The maximum atomic E-state index is 5.67. The minimum Gasteiger partial charge on any atom is -0.376 e. The molecule has 2 rings (SSSR count). The summed E-state index contributed by atoms with van der Waals surface area (Å²) >= 11 is 1.80. The number of rotatable bonds is 6. The molecule has 2 atom stereocenters. The predicted octanol–water partition coefficient (Wildman–Crippen LogP) is 1.86. The highest BCUT2D eigenvalue weighted by molar-refractivity contribution is 7.10. The highest BCUT2D eigenvalue weighted by Crippen LogP contribution is 2.26. The van der Waals surface area contributed by atoms with E-state index in [2.05, 4.69) is 51.5 Å². The zero-order valence-electron chi connectivity index (χ0n) is 13.4.